The van der Waals surface area contributed by atoms with Gasteiger partial charge in [0.2, 0.25) is 5.82 Å². The third-order valence-corrected chi connectivity index (χ3v) is 13.5. The molecule has 1 aromatic carbocycles. The first-order valence-electron chi connectivity index (χ1n) is 18.4. The van der Waals surface area contributed by atoms with Gasteiger partial charge in [0.25, 0.3) is 0 Å². The van der Waals surface area contributed by atoms with Crippen molar-refractivity contribution in [2.45, 2.75) is 137 Å². The van der Waals surface area contributed by atoms with Crippen LogP contribution >= 0.6 is 0 Å². The van der Waals surface area contributed by atoms with Gasteiger partial charge in [-0.15, -0.1) is 0 Å². The third-order valence-electron chi connectivity index (χ3n) is 13.5. The Balaban J connectivity index is 1.07. The molecule has 44 heavy (non-hydrogen) atoms. The maximum atomic E-state index is 14.6. The molecule has 0 bridgehead atoms. The summed E-state index contributed by atoms with van der Waals surface area (Å²) in [4.78, 5) is 12.6. The molecule has 4 aliphatic carbocycles. The van der Waals surface area contributed by atoms with Crippen molar-refractivity contribution in [3.05, 3.63) is 29.3 Å². The zero-order valence-corrected chi connectivity index (χ0v) is 28.4. The van der Waals surface area contributed by atoms with E-state index in [2.05, 4.69) is 34.6 Å². The molecule has 4 aliphatic rings. The van der Waals surface area contributed by atoms with E-state index in [0.29, 0.717) is 23.4 Å². The molecule has 0 saturated heterocycles. The van der Waals surface area contributed by atoms with Gasteiger partial charge in [0.1, 0.15) is 0 Å². The second-order valence-electron chi connectivity index (χ2n) is 16.0. The highest BCUT2D eigenvalue weighted by Gasteiger charge is 2.60. The number of unbranched alkanes of at least 4 members (excludes halogenated alkanes) is 2. The highest BCUT2D eigenvalue weighted by molar-refractivity contribution is 5.90. The molecule has 2 unspecified atom stereocenters. The summed E-state index contributed by atoms with van der Waals surface area (Å²) in [5.74, 6) is 2.24. The molecule has 4 saturated carbocycles. The summed E-state index contributed by atoms with van der Waals surface area (Å²) >= 11 is 0. The van der Waals surface area contributed by atoms with E-state index in [-0.39, 0.29) is 23.8 Å². The fourth-order valence-corrected chi connectivity index (χ4v) is 11.0. The van der Waals surface area contributed by atoms with E-state index in [9.17, 15) is 13.6 Å². The average Bonchev–Trinajstić information content (AvgIpc) is 3.37. The van der Waals surface area contributed by atoms with Crippen LogP contribution in [0.15, 0.2) is 12.1 Å². The molecule has 3 nitrogen and oxygen atoms in total. The fraction of sp³-hybridized carbons (Fsp3) is 0.821. The van der Waals surface area contributed by atoms with Crippen molar-refractivity contribution < 1.29 is 23.0 Å². The van der Waals surface area contributed by atoms with Crippen molar-refractivity contribution in [2.75, 3.05) is 13.2 Å². The Hall–Kier alpha value is -1.65. The number of ether oxygens (including phenoxy) is 2. The van der Waals surface area contributed by atoms with Crippen LogP contribution in [-0.4, -0.2) is 19.2 Å². The predicted molar refractivity (Wildman–Crippen MR) is 174 cm³/mol. The second kappa shape index (κ2) is 14.4. The largest absolute Gasteiger partial charge is 0.490 e. The van der Waals surface area contributed by atoms with E-state index >= 15 is 0 Å². The molecule has 0 amide bonds. The number of fused-ring (bicyclic) bond motifs is 5. The van der Waals surface area contributed by atoms with Gasteiger partial charge in [-0.05, 0) is 129 Å². The lowest BCUT2D eigenvalue weighted by atomic mass is 9.44. The molecule has 0 heterocycles. The fourth-order valence-electron chi connectivity index (χ4n) is 11.0. The van der Waals surface area contributed by atoms with Crippen molar-refractivity contribution in [2.24, 2.45) is 52.3 Å². The molecule has 5 heteroatoms. The zero-order chi connectivity index (χ0) is 31.5. The molecule has 5 rings (SSSR count). The number of rotatable bonds is 13. The Kier molecular flexibility index (Phi) is 11.0. The molecule has 0 aliphatic heterocycles. The van der Waals surface area contributed by atoms with Gasteiger partial charge in [-0.3, -0.25) is 0 Å². The number of esters is 1. The molecule has 9 atom stereocenters. The van der Waals surface area contributed by atoms with Crippen molar-refractivity contribution in [1.29, 1.82) is 0 Å². The van der Waals surface area contributed by atoms with Crippen molar-refractivity contribution in [3.8, 4) is 5.75 Å². The second-order valence-corrected chi connectivity index (χ2v) is 16.0. The number of benzene rings is 1. The first-order valence-corrected chi connectivity index (χ1v) is 18.4. The molecule has 248 valence electrons. The lowest BCUT2D eigenvalue weighted by molar-refractivity contribution is -0.114. The summed E-state index contributed by atoms with van der Waals surface area (Å²) in [6.07, 6.45) is 20.6. The Labute approximate surface area is 266 Å². The lowest BCUT2D eigenvalue weighted by Gasteiger charge is -2.61. The van der Waals surface area contributed by atoms with Crippen molar-refractivity contribution >= 4 is 5.97 Å². The van der Waals surface area contributed by atoms with Gasteiger partial charge in [-0.25, -0.2) is 9.18 Å². The third kappa shape index (κ3) is 6.73. The van der Waals surface area contributed by atoms with Crippen LogP contribution in [0.25, 0.3) is 0 Å². The van der Waals surface area contributed by atoms with Crippen LogP contribution in [0.3, 0.4) is 0 Å². The summed E-state index contributed by atoms with van der Waals surface area (Å²) in [5.41, 5.74) is 0.737. The first-order chi connectivity index (χ1) is 21.1. The van der Waals surface area contributed by atoms with E-state index in [1.165, 1.54) is 82.8 Å². The van der Waals surface area contributed by atoms with Crippen LogP contribution in [-0.2, 0) is 4.74 Å². The number of carbonyl (C=O) groups is 1. The highest BCUT2D eigenvalue weighted by atomic mass is 19.2. The van der Waals surface area contributed by atoms with E-state index in [1.807, 2.05) is 0 Å². The highest BCUT2D eigenvalue weighted by Crippen LogP contribution is 2.68. The first kappa shape index (κ1) is 33.7. The van der Waals surface area contributed by atoms with Crippen LogP contribution in [0.4, 0.5) is 8.78 Å². The molecular weight excluding hydrogens is 554 g/mol. The summed E-state index contributed by atoms with van der Waals surface area (Å²) in [7, 11) is 0. The van der Waals surface area contributed by atoms with Crippen LogP contribution in [0.1, 0.15) is 148 Å². The minimum absolute atomic E-state index is 0.154. The van der Waals surface area contributed by atoms with Crippen molar-refractivity contribution in [1.82, 2.24) is 0 Å². The van der Waals surface area contributed by atoms with E-state index in [4.69, 9.17) is 9.47 Å². The minimum Gasteiger partial charge on any atom is -0.490 e. The minimum atomic E-state index is -1.19. The Morgan fingerprint density at radius 2 is 1.68 bits per heavy atom. The standard InChI is InChI=1S/C39H60F2O3/c1-6-7-10-24-43-34-20-17-30(35(40)36(34)41)37(42)44-25-26(2)12-11-13-27(3)31-18-19-32-29-16-15-28-14-8-9-22-38(28,4)33(29)21-23-39(31,32)5/h17,20,26-29,31-33H,6-16,18-19,21-25H2,1-5H3/t26?,27-,28?,29+,31-,32+,33+,38+,39-/m1/s1. The molecule has 0 radical (unpaired) electrons. The Bertz CT molecular complexity index is 1120. The van der Waals surface area contributed by atoms with Gasteiger partial charge in [0, 0.05) is 0 Å². The maximum Gasteiger partial charge on any atom is 0.341 e. The predicted octanol–water partition coefficient (Wildman–Crippen LogP) is 11.2. The molecule has 4 fully saturated rings. The Morgan fingerprint density at radius 1 is 0.886 bits per heavy atom. The quantitative estimate of drug-likeness (QED) is 0.164. The average molecular weight is 615 g/mol. The smallest absolute Gasteiger partial charge is 0.341 e. The summed E-state index contributed by atoms with van der Waals surface area (Å²) in [6, 6.07) is 2.60. The van der Waals surface area contributed by atoms with Crippen LogP contribution in [0.5, 0.6) is 5.75 Å². The summed E-state index contributed by atoms with van der Waals surface area (Å²) < 4.78 is 39.9. The number of carbonyl (C=O) groups excluding carboxylic acids is 1. The van der Waals surface area contributed by atoms with Gasteiger partial charge in [-0.1, -0.05) is 73.1 Å². The zero-order valence-electron chi connectivity index (χ0n) is 28.4. The molecule has 1 aromatic rings. The SMILES string of the molecule is CCCCCOc1ccc(C(=O)OCC(C)CCC[C@@H](C)[C@H]2CC[C@H]3[C@@H]4CCC5CCCC[C@]5(C)[C@H]4CC[C@]23C)c(F)c1F. The van der Waals surface area contributed by atoms with Crippen LogP contribution in [0.2, 0.25) is 0 Å². The van der Waals surface area contributed by atoms with Crippen LogP contribution in [0, 0.1) is 63.9 Å². The van der Waals surface area contributed by atoms with Gasteiger partial charge in [-0.2, -0.15) is 4.39 Å². The monoisotopic (exact) mass is 614 g/mol. The lowest BCUT2D eigenvalue weighted by Crippen LogP contribution is -2.53. The molecule has 0 aromatic heterocycles. The van der Waals surface area contributed by atoms with E-state index in [1.54, 1.807) is 0 Å². The van der Waals surface area contributed by atoms with E-state index < -0.39 is 17.6 Å². The summed E-state index contributed by atoms with van der Waals surface area (Å²) in [6.45, 7) is 12.5. The van der Waals surface area contributed by atoms with Gasteiger partial charge in [0.15, 0.2) is 11.6 Å². The van der Waals surface area contributed by atoms with Gasteiger partial charge in [0.05, 0.1) is 18.8 Å². The number of hydrogen-bond acceptors (Lipinski definition) is 3. The Morgan fingerprint density at radius 3 is 2.48 bits per heavy atom. The molecular formula is C39H60F2O3. The van der Waals surface area contributed by atoms with Gasteiger partial charge < -0.3 is 9.47 Å². The molecule has 0 spiro atoms. The maximum absolute atomic E-state index is 14.6. The molecule has 0 N–H and O–H groups in total. The van der Waals surface area contributed by atoms with E-state index in [0.717, 1.165) is 61.7 Å². The van der Waals surface area contributed by atoms with Crippen molar-refractivity contribution in [3.63, 3.8) is 0 Å². The summed E-state index contributed by atoms with van der Waals surface area (Å²) in [5, 5.41) is 0. The van der Waals surface area contributed by atoms with Crippen LogP contribution < -0.4 is 4.74 Å². The van der Waals surface area contributed by atoms with Gasteiger partial charge >= 0.3 is 5.97 Å². The normalized spacial score (nSPS) is 34.4. The topological polar surface area (TPSA) is 35.5 Å². The number of hydrogen-bond donors (Lipinski definition) is 0. The number of halogens is 2.